The number of ketones is 1. The molecule has 1 rings (SSSR count). The highest BCUT2D eigenvalue weighted by atomic mass is 16.4. The molecule has 0 saturated heterocycles. The smallest absolute Gasteiger partial charge is 0.339 e. The van der Waals surface area contributed by atoms with Crippen LogP contribution in [-0.2, 0) is 9.59 Å². The first-order chi connectivity index (χ1) is 7.54. The predicted molar refractivity (Wildman–Crippen MR) is 60.7 cm³/mol. The monoisotopic (exact) mass is 214 g/mol. The van der Waals surface area contributed by atoms with Crippen molar-refractivity contribution in [2.45, 2.75) is 6.92 Å². The Balaban J connectivity index is 3.19. The molecule has 1 N–H and O–H groups in total. The second kappa shape index (κ2) is 4.94. The largest absolute Gasteiger partial charge is 0.478 e. The molecule has 1 aromatic carbocycles. The van der Waals surface area contributed by atoms with E-state index in [-0.39, 0.29) is 5.57 Å². The average Bonchev–Trinajstić information content (AvgIpc) is 2.25. The number of carbonyl (C=O) groups is 2. The van der Waals surface area contributed by atoms with Gasteiger partial charge in [-0.3, -0.25) is 4.79 Å². The van der Waals surface area contributed by atoms with Gasteiger partial charge in [0.25, 0.3) is 0 Å². The summed E-state index contributed by atoms with van der Waals surface area (Å²) in [5.74, 6) is 0.713. The fourth-order valence-electron chi connectivity index (χ4n) is 1.20. The van der Waals surface area contributed by atoms with Crippen molar-refractivity contribution in [2.75, 3.05) is 0 Å². The molecule has 0 aliphatic rings. The van der Waals surface area contributed by atoms with E-state index in [0.717, 1.165) is 0 Å². The van der Waals surface area contributed by atoms with E-state index in [1.807, 2.05) is 0 Å². The molecule has 3 heteroatoms. The Morgan fingerprint density at radius 2 is 2.12 bits per heavy atom. The molecule has 0 bridgehead atoms. The summed E-state index contributed by atoms with van der Waals surface area (Å²) in [7, 11) is 0. The van der Waals surface area contributed by atoms with Crippen LogP contribution in [0.2, 0.25) is 0 Å². The van der Waals surface area contributed by atoms with Crippen molar-refractivity contribution in [1.82, 2.24) is 0 Å². The van der Waals surface area contributed by atoms with Gasteiger partial charge < -0.3 is 5.11 Å². The zero-order valence-corrected chi connectivity index (χ0v) is 8.73. The number of hydrogen-bond donors (Lipinski definition) is 1. The molecule has 0 radical (unpaired) electrons. The lowest BCUT2D eigenvalue weighted by atomic mass is 10.1. The summed E-state index contributed by atoms with van der Waals surface area (Å²) in [6, 6.07) is 6.77. The molecule has 0 unspecified atom stereocenters. The topological polar surface area (TPSA) is 54.4 Å². The summed E-state index contributed by atoms with van der Waals surface area (Å²) in [6.07, 6.45) is 6.53. The van der Waals surface area contributed by atoms with Crippen LogP contribution in [0, 0.1) is 12.3 Å². The minimum Gasteiger partial charge on any atom is -0.478 e. The van der Waals surface area contributed by atoms with Crippen LogP contribution in [0.3, 0.4) is 0 Å². The van der Waals surface area contributed by atoms with Crippen LogP contribution >= 0.6 is 0 Å². The maximum absolute atomic E-state index is 11.1. The Bertz CT molecular complexity index is 488. The van der Waals surface area contributed by atoms with Gasteiger partial charge in [-0.2, -0.15) is 0 Å². The Kier molecular flexibility index (Phi) is 3.62. The fourth-order valence-corrected chi connectivity index (χ4v) is 1.20. The molecule has 0 spiro atoms. The lowest BCUT2D eigenvalue weighted by Crippen LogP contribution is -2.08. The lowest BCUT2D eigenvalue weighted by Gasteiger charge is -1.98. The molecule has 80 valence electrons. The van der Waals surface area contributed by atoms with Gasteiger partial charge >= 0.3 is 5.97 Å². The number of carboxylic acid groups (broad SMARTS) is 1. The molecule has 1 aromatic rings. The first kappa shape index (κ1) is 11.7. The predicted octanol–water partition coefficient (Wildman–Crippen LogP) is 1.72. The molecule has 0 amide bonds. The van der Waals surface area contributed by atoms with Gasteiger partial charge in [0, 0.05) is 5.56 Å². The molecular formula is C13H10O3. The second-order valence-corrected chi connectivity index (χ2v) is 3.19. The van der Waals surface area contributed by atoms with Crippen molar-refractivity contribution in [2.24, 2.45) is 0 Å². The summed E-state index contributed by atoms with van der Waals surface area (Å²) < 4.78 is 0. The summed E-state index contributed by atoms with van der Waals surface area (Å²) in [4.78, 5) is 21.8. The van der Waals surface area contributed by atoms with E-state index in [2.05, 4.69) is 5.92 Å². The first-order valence-electron chi connectivity index (χ1n) is 4.57. The minimum absolute atomic E-state index is 0.255. The maximum atomic E-state index is 11.1. The van der Waals surface area contributed by atoms with E-state index in [1.54, 1.807) is 24.3 Å². The molecule has 0 aromatic heterocycles. The van der Waals surface area contributed by atoms with Crippen LogP contribution in [0.1, 0.15) is 18.1 Å². The summed E-state index contributed by atoms with van der Waals surface area (Å²) in [5.41, 5.74) is 0.985. The summed E-state index contributed by atoms with van der Waals surface area (Å²) in [5, 5.41) is 8.80. The van der Waals surface area contributed by atoms with Crippen LogP contribution < -0.4 is 0 Å². The van der Waals surface area contributed by atoms with Crippen LogP contribution in [0.25, 0.3) is 6.08 Å². The number of carboxylic acids is 1. The number of terminal acetylenes is 1. The van der Waals surface area contributed by atoms with Gasteiger partial charge in [0.2, 0.25) is 0 Å². The van der Waals surface area contributed by atoms with Crippen molar-refractivity contribution in [3.8, 4) is 12.3 Å². The standard InChI is InChI=1S/C13H10O3/c1-3-10-5-4-6-11(7-10)8-12(9(2)14)13(15)16/h1,4-8H,2H3,(H,15,16). The Labute approximate surface area is 93.4 Å². The molecule has 0 saturated carbocycles. The maximum Gasteiger partial charge on any atom is 0.339 e. The molecule has 16 heavy (non-hydrogen) atoms. The highest BCUT2D eigenvalue weighted by molar-refractivity contribution is 6.19. The third-order valence-corrected chi connectivity index (χ3v) is 1.97. The van der Waals surface area contributed by atoms with E-state index in [4.69, 9.17) is 11.5 Å². The highest BCUT2D eigenvalue weighted by Crippen LogP contribution is 2.10. The van der Waals surface area contributed by atoms with Gasteiger partial charge in [-0.1, -0.05) is 18.1 Å². The molecule has 0 fully saturated rings. The van der Waals surface area contributed by atoms with Gasteiger partial charge in [0.05, 0.1) is 0 Å². The molecule has 0 atom stereocenters. The Hall–Kier alpha value is -2.34. The number of carbonyl (C=O) groups excluding carboxylic acids is 1. The first-order valence-corrected chi connectivity index (χ1v) is 4.57. The van der Waals surface area contributed by atoms with Gasteiger partial charge in [-0.25, -0.2) is 4.79 Å². The van der Waals surface area contributed by atoms with E-state index in [1.165, 1.54) is 13.0 Å². The van der Waals surface area contributed by atoms with Crippen molar-refractivity contribution in [3.63, 3.8) is 0 Å². The second-order valence-electron chi connectivity index (χ2n) is 3.19. The van der Waals surface area contributed by atoms with Crippen LogP contribution in [0.4, 0.5) is 0 Å². The Morgan fingerprint density at radius 3 is 2.62 bits per heavy atom. The van der Waals surface area contributed by atoms with Gasteiger partial charge in [0.1, 0.15) is 5.57 Å². The molecular weight excluding hydrogens is 204 g/mol. The van der Waals surface area contributed by atoms with E-state index in [0.29, 0.717) is 11.1 Å². The number of hydrogen-bond acceptors (Lipinski definition) is 2. The average molecular weight is 214 g/mol. The summed E-state index contributed by atoms with van der Waals surface area (Å²) in [6.45, 7) is 1.21. The van der Waals surface area contributed by atoms with Crippen molar-refractivity contribution in [3.05, 3.63) is 41.0 Å². The van der Waals surface area contributed by atoms with Crippen LogP contribution in [0.5, 0.6) is 0 Å². The zero-order valence-electron chi connectivity index (χ0n) is 8.73. The van der Waals surface area contributed by atoms with Gasteiger partial charge in [-0.15, -0.1) is 6.42 Å². The van der Waals surface area contributed by atoms with E-state index >= 15 is 0 Å². The van der Waals surface area contributed by atoms with E-state index < -0.39 is 11.8 Å². The zero-order chi connectivity index (χ0) is 12.1. The quantitative estimate of drug-likeness (QED) is 0.361. The molecule has 3 nitrogen and oxygen atoms in total. The lowest BCUT2D eigenvalue weighted by molar-refractivity contribution is -0.134. The Morgan fingerprint density at radius 1 is 1.44 bits per heavy atom. The van der Waals surface area contributed by atoms with Crippen molar-refractivity contribution >= 4 is 17.8 Å². The normalized spacial score (nSPS) is 10.6. The highest BCUT2D eigenvalue weighted by Gasteiger charge is 2.12. The van der Waals surface area contributed by atoms with Gasteiger partial charge in [0.15, 0.2) is 5.78 Å². The third kappa shape index (κ3) is 2.82. The molecule has 0 heterocycles. The van der Waals surface area contributed by atoms with E-state index in [9.17, 15) is 9.59 Å². The number of Topliss-reactive ketones (excluding diaryl/α,β-unsaturated/α-hetero) is 1. The summed E-state index contributed by atoms with van der Waals surface area (Å²) >= 11 is 0. The van der Waals surface area contributed by atoms with Crippen LogP contribution in [0.15, 0.2) is 29.8 Å². The van der Waals surface area contributed by atoms with Gasteiger partial charge in [-0.05, 0) is 30.7 Å². The fraction of sp³-hybridized carbons (Fsp3) is 0.0769. The molecule has 0 aliphatic heterocycles. The van der Waals surface area contributed by atoms with Crippen LogP contribution in [-0.4, -0.2) is 16.9 Å². The minimum atomic E-state index is -1.24. The third-order valence-electron chi connectivity index (χ3n) is 1.97. The number of benzene rings is 1. The number of rotatable bonds is 3. The van der Waals surface area contributed by atoms with Crippen molar-refractivity contribution in [1.29, 1.82) is 0 Å². The molecule has 0 aliphatic carbocycles. The van der Waals surface area contributed by atoms with Crippen molar-refractivity contribution < 1.29 is 14.7 Å². The number of aliphatic carboxylic acids is 1. The SMILES string of the molecule is C#Cc1cccc(C=C(C(C)=O)C(=O)O)c1.